The van der Waals surface area contributed by atoms with Gasteiger partial charge in [-0.25, -0.2) is 8.42 Å². The maximum absolute atomic E-state index is 12.7. The second-order valence-corrected chi connectivity index (χ2v) is 9.42. The van der Waals surface area contributed by atoms with E-state index in [0.29, 0.717) is 32.5 Å². The first-order valence-corrected chi connectivity index (χ1v) is 10.8. The number of likely N-dealkylation sites (tertiary alicyclic amines) is 1. The lowest BCUT2D eigenvalue weighted by Crippen LogP contribution is -2.44. The van der Waals surface area contributed by atoms with Crippen molar-refractivity contribution in [3.05, 3.63) is 18.0 Å². The van der Waals surface area contributed by atoms with E-state index in [1.807, 2.05) is 0 Å². The Morgan fingerprint density at radius 2 is 1.96 bits per heavy atom. The Morgan fingerprint density at radius 3 is 2.64 bits per heavy atom. The second kappa shape index (κ2) is 7.38. The number of nitrogens with one attached hydrogen (secondary N) is 1. The molecule has 25 heavy (non-hydrogen) atoms. The van der Waals surface area contributed by atoms with Crippen molar-refractivity contribution in [3.63, 3.8) is 0 Å². The number of hydrogen-bond acceptors (Lipinski definition) is 5. The maximum Gasteiger partial charge on any atom is 0.270 e. The molecule has 2 fully saturated rings. The van der Waals surface area contributed by atoms with E-state index < -0.39 is 15.9 Å². The number of carbonyl (C=O) groups is 2. The molecule has 2 amide bonds. The summed E-state index contributed by atoms with van der Waals surface area (Å²) in [6.45, 7) is 1.77. The van der Waals surface area contributed by atoms with Gasteiger partial charge in [0, 0.05) is 43.9 Å². The highest BCUT2D eigenvalue weighted by Crippen LogP contribution is 2.23. The monoisotopic (exact) mass is 386 g/mol. The highest BCUT2D eigenvalue weighted by Gasteiger charge is 2.31. The third kappa shape index (κ3) is 3.85. The van der Waals surface area contributed by atoms with Gasteiger partial charge < -0.3 is 15.6 Å². The number of aromatic amines is 1. The van der Waals surface area contributed by atoms with E-state index in [4.69, 9.17) is 5.73 Å². The number of amides is 2. The van der Waals surface area contributed by atoms with Crippen molar-refractivity contribution in [2.24, 2.45) is 11.7 Å². The predicted octanol–water partition coefficient (Wildman–Crippen LogP) is 0.0897. The van der Waals surface area contributed by atoms with Crippen LogP contribution in [0.4, 0.5) is 0 Å². The zero-order valence-corrected chi connectivity index (χ0v) is 15.4. The zero-order valence-electron chi connectivity index (χ0n) is 13.8. The van der Waals surface area contributed by atoms with Gasteiger partial charge in [-0.05, 0) is 18.9 Å². The van der Waals surface area contributed by atoms with Gasteiger partial charge in [-0.15, -0.1) is 0 Å². The fourth-order valence-electron chi connectivity index (χ4n) is 3.15. The van der Waals surface area contributed by atoms with Gasteiger partial charge in [0.25, 0.3) is 5.91 Å². The topological polar surface area (TPSA) is 117 Å². The number of thioether (sulfide) groups is 1. The summed E-state index contributed by atoms with van der Waals surface area (Å²) in [5, 5.41) is 0. The fraction of sp³-hybridized carbons (Fsp3) is 0.600. The lowest BCUT2D eigenvalue weighted by atomic mass is 9.97. The van der Waals surface area contributed by atoms with Gasteiger partial charge in [0.15, 0.2) is 0 Å². The van der Waals surface area contributed by atoms with Crippen LogP contribution in [0.5, 0.6) is 0 Å². The number of nitrogens with zero attached hydrogens (tertiary/aromatic N) is 2. The zero-order chi connectivity index (χ0) is 18.0. The number of H-pyrrole nitrogens is 1. The van der Waals surface area contributed by atoms with Crippen LogP contribution in [0.25, 0.3) is 0 Å². The Hall–Kier alpha value is -1.52. The third-order valence-electron chi connectivity index (χ3n) is 4.61. The number of primary amides is 1. The summed E-state index contributed by atoms with van der Waals surface area (Å²) < 4.78 is 26.8. The molecule has 3 N–H and O–H groups in total. The van der Waals surface area contributed by atoms with Crippen LogP contribution in [0.1, 0.15) is 23.3 Å². The second-order valence-electron chi connectivity index (χ2n) is 6.26. The van der Waals surface area contributed by atoms with Gasteiger partial charge in [-0.2, -0.15) is 16.1 Å². The van der Waals surface area contributed by atoms with Crippen molar-refractivity contribution in [3.8, 4) is 0 Å². The molecule has 10 heteroatoms. The number of piperidine rings is 1. The summed E-state index contributed by atoms with van der Waals surface area (Å²) in [5.74, 6) is 0.494. The largest absolute Gasteiger partial charge is 0.369 e. The van der Waals surface area contributed by atoms with Gasteiger partial charge in [-0.3, -0.25) is 9.59 Å². The number of carbonyl (C=O) groups excluding carboxylic acids is 2. The minimum absolute atomic E-state index is 0.103. The standard InChI is InChI=1S/C15H22N4O4S2/c16-14(20)11-2-1-3-18(10-11)15(21)13-8-12(9-17-13)25(22,23)19-4-6-24-7-5-19/h8-9,11,17H,1-7,10H2,(H2,16,20). The fourth-order valence-corrected chi connectivity index (χ4v) is 5.72. The molecule has 1 aromatic heterocycles. The number of rotatable bonds is 4. The first-order chi connectivity index (χ1) is 11.9. The van der Waals surface area contributed by atoms with E-state index in [0.717, 1.165) is 11.5 Å². The Labute approximate surface area is 151 Å². The molecule has 0 aromatic carbocycles. The van der Waals surface area contributed by atoms with Crippen molar-refractivity contribution in [1.82, 2.24) is 14.2 Å². The Bertz CT molecular complexity index is 755. The van der Waals surface area contributed by atoms with Gasteiger partial charge in [0.2, 0.25) is 15.9 Å². The van der Waals surface area contributed by atoms with E-state index in [-0.39, 0.29) is 29.0 Å². The molecule has 138 valence electrons. The minimum Gasteiger partial charge on any atom is -0.369 e. The highest BCUT2D eigenvalue weighted by molar-refractivity contribution is 7.99. The van der Waals surface area contributed by atoms with Crippen molar-refractivity contribution in [2.75, 3.05) is 37.7 Å². The molecule has 1 atom stereocenters. The third-order valence-corrected chi connectivity index (χ3v) is 7.42. The van der Waals surface area contributed by atoms with Gasteiger partial charge in [-0.1, -0.05) is 0 Å². The average molecular weight is 386 g/mol. The van der Waals surface area contributed by atoms with E-state index in [1.165, 1.54) is 16.6 Å². The minimum atomic E-state index is -3.59. The number of aromatic nitrogens is 1. The molecule has 3 rings (SSSR count). The highest BCUT2D eigenvalue weighted by atomic mass is 32.2. The van der Waals surface area contributed by atoms with Crippen molar-refractivity contribution < 1.29 is 18.0 Å². The van der Waals surface area contributed by atoms with Crippen LogP contribution < -0.4 is 5.73 Å². The van der Waals surface area contributed by atoms with E-state index in [9.17, 15) is 18.0 Å². The van der Waals surface area contributed by atoms with Crippen LogP contribution in [0.3, 0.4) is 0 Å². The summed E-state index contributed by atoms with van der Waals surface area (Å²) in [7, 11) is -3.59. The Morgan fingerprint density at radius 1 is 1.24 bits per heavy atom. The van der Waals surface area contributed by atoms with Crippen LogP contribution in [0, 0.1) is 5.92 Å². The first-order valence-electron chi connectivity index (χ1n) is 8.24. The smallest absolute Gasteiger partial charge is 0.270 e. The van der Waals surface area contributed by atoms with Crippen molar-refractivity contribution in [2.45, 2.75) is 17.7 Å². The van der Waals surface area contributed by atoms with Crippen LogP contribution in [0.15, 0.2) is 17.2 Å². The molecule has 0 aliphatic carbocycles. The Kier molecular flexibility index (Phi) is 5.40. The summed E-state index contributed by atoms with van der Waals surface area (Å²) in [4.78, 5) is 28.4. The van der Waals surface area contributed by atoms with Gasteiger partial charge >= 0.3 is 0 Å². The molecule has 1 aromatic rings. The molecule has 2 aliphatic rings. The molecule has 0 bridgehead atoms. The molecular formula is C15H22N4O4S2. The van der Waals surface area contributed by atoms with E-state index in [1.54, 1.807) is 16.7 Å². The van der Waals surface area contributed by atoms with E-state index in [2.05, 4.69) is 4.98 Å². The van der Waals surface area contributed by atoms with Gasteiger partial charge in [0.05, 0.1) is 5.92 Å². The summed E-state index contributed by atoms with van der Waals surface area (Å²) in [6, 6.07) is 1.38. The summed E-state index contributed by atoms with van der Waals surface area (Å²) in [6.07, 6.45) is 2.74. The number of nitrogens with two attached hydrogens (primary N) is 1. The van der Waals surface area contributed by atoms with Crippen LogP contribution >= 0.6 is 11.8 Å². The number of sulfonamides is 1. The SMILES string of the molecule is NC(=O)C1CCCN(C(=O)c2cc(S(=O)(=O)N3CCSCC3)c[nH]2)C1. The lowest BCUT2D eigenvalue weighted by molar-refractivity contribution is -0.123. The average Bonchev–Trinajstić information content (AvgIpc) is 3.13. The molecule has 1 unspecified atom stereocenters. The Balaban J connectivity index is 1.74. The molecule has 0 saturated carbocycles. The molecule has 2 aliphatic heterocycles. The van der Waals surface area contributed by atoms with Crippen molar-refractivity contribution in [1.29, 1.82) is 0 Å². The molecule has 3 heterocycles. The molecular weight excluding hydrogens is 364 g/mol. The lowest BCUT2D eigenvalue weighted by Gasteiger charge is -2.30. The van der Waals surface area contributed by atoms with Gasteiger partial charge in [0.1, 0.15) is 10.6 Å². The maximum atomic E-state index is 12.7. The summed E-state index contributed by atoms with van der Waals surface area (Å²) >= 11 is 1.73. The molecule has 0 radical (unpaired) electrons. The van der Waals surface area contributed by atoms with Crippen molar-refractivity contribution >= 4 is 33.6 Å². The van der Waals surface area contributed by atoms with Crippen LogP contribution in [-0.2, 0) is 14.8 Å². The predicted molar refractivity (Wildman–Crippen MR) is 94.7 cm³/mol. The molecule has 2 saturated heterocycles. The first kappa shape index (κ1) is 18.3. The van der Waals surface area contributed by atoms with Crippen LogP contribution in [0.2, 0.25) is 0 Å². The normalized spacial score (nSPS) is 22.7. The molecule has 0 spiro atoms. The summed E-state index contributed by atoms with van der Waals surface area (Å²) in [5.41, 5.74) is 5.56. The van der Waals surface area contributed by atoms with E-state index >= 15 is 0 Å². The molecule has 8 nitrogen and oxygen atoms in total. The quantitative estimate of drug-likeness (QED) is 0.761. The number of hydrogen-bond donors (Lipinski definition) is 2. The van der Waals surface area contributed by atoms with Crippen LogP contribution in [-0.4, -0.2) is 72.1 Å².